The molecule has 0 saturated carbocycles. The Kier molecular flexibility index (Phi) is 5.31. The monoisotopic (exact) mass is 254 g/mol. The predicted molar refractivity (Wildman–Crippen MR) is 73.2 cm³/mol. The molecule has 18 heavy (non-hydrogen) atoms. The number of likely N-dealkylation sites (N-methyl/N-ethyl adjacent to an activating group) is 1. The first-order valence-corrected chi connectivity index (χ1v) is 6.31. The molecule has 2 N–H and O–H groups in total. The standard InChI is InChI=1S/C13H26N4O/c1-13(2,18-5)6-12(7-14)16(3)9-11-8-15-17(4)10-11/h8,10,12H,6-7,9,14H2,1-5H3. The van der Waals surface area contributed by atoms with Crippen molar-refractivity contribution in [2.75, 3.05) is 20.7 Å². The lowest BCUT2D eigenvalue weighted by Gasteiger charge is -2.33. The highest BCUT2D eigenvalue weighted by Crippen LogP contribution is 2.19. The fraction of sp³-hybridized carbons (Fsp3) is 0.769. The van der Waals surface area contributed by atoms with Gasteiger partial charge < -0.3 is 10.5 Å². The summed E-state index contributed by atoms with van der Waals surface area (Å²) in [5.41, 5.74) is 6.93. The molecule has 1 atom stereocenters. The van der Waals surface area contributed by atoms with E-state index < -0.39 is 0 Å². The van der Waals surface area contributed by atoms with Crippen LogP contribution in [0.25, 0.3) is 0 Å². The molecule has 0 spiro atoms. The zero-order valence-corrected chi connectivity index (χ0v) is 12.2. The molecule has 0 bridgehead atoms. The minimum absolute atomic E-state index is 0.146. The van der Waals surface area contributed by atoms with E-state index in [0.717, 1.165) is 13.0 Å². The highest BCUT2D eigenvalue weighted by molar-refractivity contribution is 5.03. The molecular formula is C13H26N4O. The molecule has 104 valence electrons. The zero-order chi connectivity index (χ0) is 13.8. The van der Waals surface area contributed by atoms with Gasteiger partial charge in [0.2, 0.25) is 0 Å². The predicted octanol–water partition coefficient (Wildman–Crippen LogP) is 0.994. The zero-order valence-electron chi connectivity index (χ0n) is 12.2. The minimum atomic E-state index is -0.146. The number of rotatable bonds is 7. The number of nitrogens with two attached hydrogens (primary N) is 1. The number of hydrogen-bond donors (Lipinski definition) is 1. The maximum absolute atomic E-state index is 5.88. The van der Waals surface area contributed by atoms with Crippen molar-refractivity contribution >= 4 is 0 Å². The van der Waals surface area contributed by atoms with Crippen LogP contribution in [0, 0.1) is 0 Å². The Morgan fingerprint density at radius 1 is 1.56 bits per heavy atom. The fourth-order valence-corrected chi connectivity index (χ4v) is 2.04. The van der Waals surface area contributed by atoms with Crippen molar-refractivity contribution in [2.45, 2.75) is 38.5 Å². The van der Waals surface area contributed by atoms with Gasteiger partial charge in [-0.25, -0.2) is 0 Å². The third-order valence-corrected chi connectivity index (χ3v) is 3.37. The van der Waals surface area contributed by atoms with Crippen LogP contribution in [0.3, 0.4) is 0 Å². The molecule has 0 fully saturated rings. The maximum atomic E-state index is 5.88. The molecule has 0 aliphatic rings. The second kappa shape index (κ2) is 6.31. The highest BCUT2D eigenvalue weighted by atomic mass is 16.5. The molecule has 5 nitrogen and oxygen atoms in total. The molecule has 1 aromatic heterocycles. The average Bonchev–Trinajstić information content (AvgIpc) is 2.71. The van der Waals surface area contributed by atoms with Crippen LogP contribution in [0.5, 0.6) is 0 Å². The summed E-state index contributed by atoms with van der Waals surface area (Å²) in [4.78, 5) is 2.26. The van der Waals surface area contributed by atoms with Crippen LogP contribution >= 0.6 is 0 Å². The Morgan fingerprint density at radius 3 is 2.67 bits per heavy atom. The topological polar surface area (TPSA) is 56.3 Å². The van der Waals surface area contributed by atoms with Gasteiger partial charge in [0, 0.05) is 45.0 Å². The number of aromatic nitrogens is 2. The van der Waals surface area contributed by atoms with E-state index in [0.29, 0.717) is 12.6 Å². The van der Waals surface area contributed by atoms with E-state index in [1.54, 1.807) is 7.11 Å². The summed E-state index contributed by atoms with van der Waals surface area (Å²) in [6.45, 7) is 5.67. The lowest BCUT2D eigenvalue weighted by atomic mass is 9.97. The van der Waals surface area contributed by atoms with Gasteiger partial charge in [-0.3, -0.25) is 9.58 Å². The molecule has 1 rings (SSSR count). The van der Waals surface area contributed by atoms with Crippen LogP contribution < -0.4 is 5.73 Å². The smallest absolute Gasteiger partial charge is 0.0638 e. The van der Waals surface area contributed by atoms with Crippen molar-refractivity contribution in [2.24, 2.45) is 12.8 Å². The first-order valence-electron chi connectivity index (χ1n) is 6.31. The first-order chi connectivity index (χ1) is 8.38. The van der Waals surface area contributed by atoms with Crippen LogP contribution in [0.1, 0.15) is 25.8 Å². The SMILES string of the molecule is COC(C)(C)CC(CN)N(C)Cc1cnn(C)c1. The first kappa shape index (κ1) is 15.1. The van der Waals surface area contributed by atoms with Crippen LogP contribution in [-0.2, 0) is 18.3 Å². The molecule has 1 unspecified atom stereocenters. The summed E-state index contributed by atoms with van der Waals surface area (Å²) >= 11 is 0. The number of hydrogen-bond acceptors (Lipinski definition) is 4. The average molecular weight is 254 g/mol. The van der Waals surface area contributed by atoms with Crippen molar-refractivity contribution in [3.8, 4) is 0 Å². The molecule has 0 aromatic carbocycles. The normalized spacial score (nSPS) is 14.2. The van der Waals surface area contributed by atoms with Crippen LogP contribution in [-0.4, -0.2) is 47.0 Å². The van der Waals surface area contributed by atoms with E-state index in [2.05, 4.69) is 30.9 Å². The Labute approximate surface area is 110 Å². The minimum Gasteiger partial charge on any atom is -0.379 e. The molecule has 0 aliphatic carbocycles. The number of nitrogens with zero attached hydrogens (tertiary/aromatic N) is 3. The summed E-state index contributed by atoms with van der Waals surface area (Å²) in [6, 6.07) is 0.306. The molecule has 1 heterocycles. The third-order valence-electron chi connectivity index (χ3n) is 3.37. The van der Waals surface area contributed by atoms with E-state index in [-0.39, 0.29) is 5.60 Å². The van der Waals surface area contributed by atoms with E-state index in [4.69, 9.17) is 10.5 Å². The number of aryl methyl sites for hydroxylation is 1. The number of ether oxygens (including phenoxy) is 1. The Hall–Kier alpha value is -0.910. The van der Waals surface area contributed by atoms with Crippen molar-refractivity contribution in [1.29, 1.82) is 0 Å². The van der Waals surface area contributed by atoms with Gasteiger partial charge in [0.15, 0.2) is 0 Å². The molecular weight excluding hydrogens is 228 g/mol. The van der Waals surface area contributed by atoms with Gasteiger partial charge in [-0.2, -0.15) is 5.10 Å². The molecule has 0 radical (unpaired) electrons. The highest BCUT2D eigenvalue weighted by Gasteiger charge is 2.24. The largest absolute Gasteiger partial charge is 0.379 e. The quantitative estimate of drug-likeness (QED) is 0.788. The van der Waals surface area contributed by atoms with E-state index >= 15 is 0 Å². The van der Waals surface area contributed by atoms with Gasteiger partial charge in [-0.05, 0) is 27.3 Å². The lowest BCUT2D eigenvalue weighted by molar-refractivity contribution is -0.00539. The van der Waals surface area contributed by atoms with Crippen molar-refractivity contribution in [3.05, 3.63) is 18.0 Å². The summed E-state index contributed by atoms with van der Waals surface area (Å²) < 4.78 is 7.29. The molecule has 0 aliphatic heterocycles. The maximum Gasteiger partial charge on any atom is 0.0638 e. The number of methoxy groups -OCH3 is 1. The van der Waals surface area contributed by atoms with E-state index in [9.17, 15) is 0 Å². The Morgan fingerprint density at radius 2 is 2.22 bits per heavy atom. The lowest BCUT2D eigenvalue weighted by Crippen LogP contribution is -2.43. The molecule has 1 aromatic rings. The molecule has 0 amide bonds. The summed E-state index contributed by atoms with van der Waals surface area (Å²) in [5.74, 6) is 0. The second-order valence-corrected chi connectivity index (χ2v) is 5.49. The van der Waals surface area contributed by atoms with Crippen LogP contribution in [0.15, 0.2) is 12.4 Å². The van der Waals surface area contributed by atoms with Gasteiger partial charge >= 0.3 is 0 Å². The Bertz CT molecular complexity index is 362. The van der Waals surface area contributed by atoms with Crippen molar-refractivity contribution in [3.63, 3.8) is 0 Å². The molecule has 0 saturated heterocycles. The summed E-state index contributed by atoms with van der Waals surface area (Å²) in [7, 11) is 5.77. The summed E-state index contributed by atoms with van der Waals surface area (Å²) in [5, 5.41) is 4.18. The van der Waals surface area contributed by atoms with Gasteiger partial charge in [-0.1, -0.05) is 0 Å². The van der Waals surface area contributed by atoms with Crippen LogP contribution in [0.4, 0.5) is 0 Å². The van der Waals surface area contributed by atoms with Crippen LogP contribution in [0.2, 0.25) is 0 Å². The van der Waals surface area contributed by atoms with E-state index in [1.807, 2.05) is 24.1 Å². The van der Waals surface area contributed by atoms with Crippen molar-refractivity contribution < 1.29 is 4.74 Å². The summed E-state index contributed by atoms with van der Waals surface area (Å²) in [6.07, 6.45) is 4.84. The van der Waals surface area contributed by atoms with Gasteiger partial charge in [0.1, 0.15) is 0 Å². The van der Waals surface area contributed by atoms with Gasteiger partial charge in [0.05, 0.1) is 11.8 Å². The Balaban J connectivity index is 2.59. The fourth-order valence-electron chi connectivity index (χ4n) is 2.04. The van der Waals surface area contributed by atoms with Crippen molar-refractivity contribution in [1.82, 2.24) is 14.7 Å². The second-order valence-electron chi connectivity index (χ2n) is 5.49. The van der Waals surface area contributed by atoms with E-state index in [1.165, 1.54) is 5.56 Å². The molecule has 5 heteroatoms. The van der Waals surface area contributed by atoms with Gasteiger partial charge in [-0.15, -0.1) is 0 Å². The third kappa shape index (κ3) is 4.40. The van der Waals surface area contributed by atoms with Gasteiger partial charge in [0.25, 0.3) is 0 Å².